The smallest absolute Gasteiger partial charge is 0.222 e. The van der Waals surface area contributed by atoms with E-state index >= 15 is 0 Å². The minimum absolute atomic E-state index is 0.266. The lowest BCUT2D eigenvalue weighted by molar-refractivity contribution is -0.132. The number of carbonyl (C=O) groups excluding carboxylic acids is 1. The van der Waals surface area contributed by atoms with Crippen molar-refractivity contribution < 1.29 is 4.79 Å². The molecule has 3 nitrogen and oxygen atoms in total. The highest BCUT2D eigenvalue weighted by Crippen LogP contribution is 2.18. The largest absolute Gasteiger partial charge is 0.393 e. The van der Waals surface area contributed by atoms with Crippen molar-refractivity contribution in [3.05, 3.63) is 35.9 Å². The lowest BCUT2D eigenvalue weighted by atomic mass is 9.96. The molecule has 4 heteroatoms. The van der Waals surface area contributed by atoms with Gasteiger partial charge in [-0.2, -0.15) is 0 Å². The van der Waals surface area contributed by atoms with Gasteiger partial charge in [-0.25, -0.2) is 0 Å². The second kappa shape index (κ2) is 7.39. The quantitative estimate of drug-likeness (QED) is 0.848. The molecule has 1 amide bonds. The Balaban J connectivity index is 1.69. The first-order valence-corrected chi connectivity index (χ1v) is 7.68. The number of rotatable bonds is 5. The van der Waals surface area contributed by atoms with Gasteiger partial charge in [-0.1, -0.05) is 42.5 Å². The third kappa shape index (κ3) is 4.30. The topological polar surface area (TPSA) is 46.3 Å². The number of nitrogens with two attached hydrogens (primary N) is 1. The molecule has 1 aromatic carbocycles. The number of thiocarbonyl (C=S) groups is 1. The van der Waals surface area contributed by atoms with Crippen molar-refractivity contribution in [1.82, 2.24) is 4.90 Å². The van der Waals surface area contributed by atoms with Crippen LogP contribution >= 0.6 is 12.2 Å². The van der Waals surface area contributed by atoms with E-state index in [1.165, 1.54) is 5.56 Å². The summed E-state index contributed by atoms with van der Waals surface area (Å²) < 4.78 is 0. The molecule has 1 saturated heterocycles. The summed E-state index contributed by atoms with van der Waals surface area (Å²) >= 11 is 5.02. The highest BCUT2D eigenvalue weighted by atomic mass is 32.1. The Morgan fingerprint density at radius 3 is 2.50 bits per heavy atom. The number of nitrogens with zero attached hydrogens (tertiary/aromatic N) is 1. The van der Waals surface area contributed by atoms with Gasteiger partial charge in [-0.05, 0) is 31.2 Å². The molecule has 0 aliphatic carbocycles. The van der Waals surface area contributed by atoms with Gasteiger partial charge in [0.2, 0.25) is 5.91 Å². The third-order valence-electron chi connectivity index (χ3n) is 3.95. The molecule has 2 rings (SSSR count). The molecule has 0 aromatic heterocycles. The van der Waals surface area contributed by atoms with E-state index in [9.17, 15) is 4.79 Å². The summed E-state index contributed by atoms with van der Waals surface area (Å²) in [5.41, 5.74) is 6.96. The Bertz CT molecular complexity index is 453. The van der Waals surface area contributed by atoms with Crippen LogP contribution in [0.25, 0.3) is 0 Å². The van der Waals surface area contributed by atoms with Crippen molar-refractivity contribution in [2.24, 2.45) is 11.7 Å². The molecule has 0 unspecified atom stereocenters. The van der Waals surface area contributed by atoms with Crippen LogP contribution in [0.3, 0.4) is 0 Å². The Kier molecular flexibility index (Phi) is 5.53. The van der Waals surface area contributed by atoms with Gasteiger partial charge < -0.3 is 10.6 Å². The molecule has 0 atom stereocenters. The molecular formula is C16H22N2OS. The fraction of sp³-hybridized carbons (Fsp3) is 0.500. The predicted molar refractivity (Wildman–Crippen MR) is 85.5 cm³/mol. The number of hydrogen-bond donors (Lipinski definition) is 1. The van der Waals surface area contributed by atoms with E-state index in [0.29, 0.717) is 17.3 Å². The molecule has 108 valence electrons. The standard InChI is InChI=1S/C16H22N2OS/c17-16(20)14-9-11-18(12-10-14)15(19)8-4-7-13-5-2-1-3-6-13/h1-3,5-6,14H,4,7-12H2,(H2,17,20). The summed E-state index contributed by atoms with van der Waals surface area (Å²) in [6.45, 7) is 1.60. The predicted octanol–water partition coefficient (Wildman–Crippen LogP) is 2.53. The molecule has 0 saturated carbocycles. The molecule has 0 radical (unpaired) electrons. The van der Waals surface area contributed by atoms with E-state index < -0.39 is 0 Å². The van der Waals surface area contributed by atoms with Gasteiger partial charge >= 0.3 is 0 Å². The average Bonchev–Trinajstić information content (AvgIpc) is 2.48. The summed E-state index contributed by atoms with van der Waals surface area (Å²) in [5.74, 6) is 0.584. The Morgan fingerprint density at radius 2 is 1.90 bits per heavy atom. The summed E-state index contributed by atoms with van der Waals surface area (Å²) in [5, 5.41) is 0. The fourth-order valence-corrected chi connectivity index (χ4v) is 2.90. The second-order valence-corrected chi connectivity index (χ2v) is 5.87. The Morgan fingerprint density at radius 1 is 1.25 bits per heavy atom. The molecule has 1 fully saturated rings. The number of piperidine rings is 1. The van der Waals surface area contributed by atoms with Crippen LogP contribution in [0.5, 0.6) is 0 Å². The molecular weight excluding hydrogens is 268 g/mol. The second-order valence-electron chi connectivity index (χ2n) is 5.40. The maximum atomic E-state index is 12.1. The van der Waals surface area contributed by atoms with Crippen LogP contribution in [-0.4, -0.2) is 28.9 Å². The SMILES string of the molecule is NC(=S)C1CCN(C(=O)CCCc2ccccc2)CC1. The van der Waals surface area contributed by atoms with Gasteiger partial charge in [-0.3, -0.25) is 4.79 Å². The summed E-state index contributed by atoms with van der Waals surface area (Å²) in [4.78, 5) is 14.7. The van der Waals surface area contributed by atoms with E-state index in [4.69, 9.17) is 18.0 Å². The van der Waals surface area contributed by atoms with Crippen LogP contribution in [0, 0.1) is 5.92 Å². The summed E-state index contributed by atoms with van der Waals surface area (Å²) in [6, 6.07) is 10.3. The molecule has 0 bridgehead atoms. The molecule has 2 N–H and O–H groups in total. The van der Waals surface area contributed by atoms with Crippen molar-refractivity contribution in [3.63, 3.8) is 0 Å². The molecule has 1 heterocycles. The van der Waals surface area contributed by atoms with Crippen LogP contribution in [-0.2, 0) is 11.2 Å². The fourth-order valence-electron chi connectivity index (χ4n) is 2.66. The highest BCUT2D eigenvalue weighted by molar-refractivity contribution is 7.80. The normalized spacial score (nSPS) is 16.1. The highest BCUT2D eigenvalue weighted by Gasteiger charge is 2.23. The molecule has 1 aromatic rings. The van der Waals surface area contributed by atoms with Gasteiger partial charge in [0.1, 0.15) is 0 Å². The molecule has 20 heavy (non-hydrogen) atoms. The summed E-state index contributed by atoms with van der Waals surface area (Å²) in [6.07, 6.45) is 4.35. The van der Waals surface area contributed by atoms with Gasteiger partial charge in [0.15, 0.2) is 0 Å². The maximum absolute atomic E-state index is 12.1. The first-order chi connectivity index (χ1) is 9.66. The van der Waals surface area contributed by atoms with Crippen molar-refractivity contribution in [2.45, 2.75) is 32.1 Å². The third-order valence-corrected chi connectivity index (χ3v) is 4.28. The zero-order chi connectivity index (χ0) is 14.4. The van der Waals surface area contributed by atoms with Crippen LogP contribution < -0.4 is 5.73 Å². The van der Waals surface area contributed by atoms with E-state index in [-0.39, 0.29) is 5.91 Å². The number of hydrogen-bond acceptors (Lipinski definition) is 2. The Hall–Kier alpha value is -1.42. The minimum atomic E-state index is 0.266. The minimum Gasteiger partial charge on any atom is -0.393 e. The van der Waals surface area contributed by atoms with Crippen molar-refractivity contribution in [2.75, 3.05) is 13.1 Å². The van der Waals surface area contributed by atoms with E-state index in [2.05, 4.69) is 12.1 Å². The van der Waals surface area contributed by atoms with Crippen molar-refractivity contribution in [1.29, 1.82) is 0 Å². The first kappa shape index (κ1) is 15.0. The average molecular weight is 290 g/mol. The zero-order valence-corrected chi connectivity index (χ0v) is 12.6. The van der Waals surface area contributed by atoms with E-state index in [1.54, 1.807) is 0 Å². The van der Waals surface area contributed by atoms with E-state index in [0.717, 1.165) is 38.8 Å². The van der Waals surface area contributed by atoms with Gasteiger partial charge in [0, 0.05) is 25.4 Å². The Labute approximate surface area is 126 Å². The van der Waals surface area contributed by atoms with Gasteiger partial charge in [0.25, 0.3) is 0 Å². The lowest BCUT2D eigenvalue weighted by Crippen LogP contribution is -2.41. The van der Waals surface area contributed by atoms with Crippen LogP contribution in [0.2, 0.25) is 0 Å². The maximum Gasteiger partial charge on any atom is 0.222 e. The van der Waals surface area contributed by atoms with Crippen LogP contribution in [0.4, 0.5) is 0 Å². The number of amides is 1. The van der Waals surface area contributed by atoms with Crippen molar-refractivity contribution in [3.8, 4) is 0 Å². The van der Waals surface area contributed by atoms with Gasteiger partial charge in [-0.15, -0.1) is 0 Å². The molecule has 1 aliphatic rings. The number of carbonyl (C=O) groups is 1. The number of likely N-dealkylation sites (tertiary alicyclic amines) is 1. The zero-order valence-electron chi connectivity index (χ0n) is 11.8. The summed E-state index contributed by atoms with van der Waals surface area (Å²) in [7, 11) is 0. The van der Waals surface area contributed by atoms with Gasteiger partial charge in [0.05, 0.1) is 4.99 Å². The monoisotopic (exact) mass is 290 g/mol. The lowest BCUT2D eigenvalue weighted by Gasteiger charge is -2.31. The number of benzene rings is 1. The first-order valence-electron chi connectivity index (χ1n) is 7.28. The molecule has 0 spiro atoms. The number of aryl methyl sites for hydroxylation is 1. The van der Waals surface area contributed by atoms with E-state index in [1.807, 2.05) is 23.1 Å². The van der Waals surface area contributed by atoms with Crippen LogP contribution in [0.1, 0.15) is 31.2 Å². The molecule has 1 aliphatic heterocycles. The van der Waals surface area contributed by atoms with Crippen LogP contribution in [0.15, 0.2) is 30.3 Å². The van der Waals surface area contributed by atoms with Crippen molar-refractivity contribution >= 4 is 23.1 Å².